The van der Waals surface area contributed by atoms with Crippen LogP contribution in [0.5, 0.6) is 0 Å². The quantitative estimate of drug-likeness (QED) is 0.331. The summed E-state index contributed by atoms with van der Waals surface area (Å²) in [5.74, 6) is -1.87. The molecule has 124 valence electrons. The Morgan fingerprint density at radius 3 is 2.91 bits per heavy atom. The molecule has 23 heavy (non-hydrogen) atoms. The monoisotopic (exact) mass is 341 g/mol. The third kappa shape index (κ3) is 4.55. The Kier molecular flexibility index (Phi) is 5.74. The Morgan fingerprint density at radius 1 is 1.52 bits per heavy atom. The summed E-state index contributed by atoms with van der Waals surface area (Å²) in [5, 5.41) is 0.210. The number of carbonyl (C=O) groups is 3. The van der Waals surface area contributed by atoms with Gasteiger partial charge in [0.25, 0.3) is 0 Å². The summed E-state index contributed by atoms with van der Waals surface area (Å²) in [5.41, 5.74) is 5.73. The van der Waals surface area contributed by atoms with Crippen molar-refractivity contribution in [1.82, 2.24) is 9.97 Å². The van der Waals surface area contributed by atoms with Gasteiger partial charge in [0, 0.05) is 12.6 Å². The van der Waals surface area contributed by atoms with E-state index in [0.717, 1.165) is 11.8 Å². The van der Waals surface area contributed by atoms with Crippen molar-refractivity contribution in [3.63, 3.8) is 0 Å². The molecule has 0 aromatic carbocycles. The van der Waals surface area contributed by atoms with Gasteiger partial charge in [0.15, 0.2) is 5.16 Å². The van der Waals surface area contributed by atoms with E-state index in [4.69, 9.17) is 19.9 Å². The molecule has 0 radical (unpaired) electrons. The number of thioether (sulfide) groups is 1. The van der Waals surface area contributed by atoms with Crippen molar-refractivity contribution in [2.24, 2.45) is 0 Å². The molecule has 9 nitrogen and oxygen atoms in total. The number of nitrogens with two attached hydrogens (primary N) is 1. The predicted molar refractivity (Wildman–Crippen MR) is 78.6 cm³/mol. The van der Waals surface area contributed by atoms with Gasteiger partial charge >= 0.3 is 17.9 Å². The molecule has 0 bridgehead atoms. The van der Waals surface area contributed by atoms with Crippen molar-refractivity contribution in [3.8, 4) is 0 Å². The molecule has 0 unspecified atom stereocenters. The Labute approximate surface area is 135 Å². The van der Waals surface area contributed by atoms with Gasteiger partial charge < -0.3 is 19.9 Å². The van der Waals surface area contributed by atoms with E-state index in [9.17, 15) is 14.4 Å². The molecule has 1 aliphatic rings. The van der Waals surface area contributed by atoms with Gasteiger partial charge in [-0.25, -0.2) is 19.6 Å². The number of cyclic esters (lactones) is 1. The topological polar surface area (TPSA) is 131 Å². The van der Waals surface area contributed by atoms with E-state index in [0.29, 0.717) is 6.42 Å². The van der Waals surface area contributed by atoms with Gasteiger partial charge in [-0.3, -0.25) is 4.79 Å². The lowest BCUT2D eigenvalue weighted by Gasteiger charge is -2.08. The number of hydrogen-bond acceptors (Lipinski definition) is 10. The third-order valence-corrected chi connectivity index (χ3v) is 3.61. The van der Waals surface area contributed by atoms with Gasteiger partial charge in [0.05, 0.1) is 19.0 Å². The summed E-state index contributed by atoms with van der Waals surface area (Å²) in [6.45, 7) is 2.13. The first kappa shape index (κ1) is 17.0. The second-order valence-electron chi connectivity index (χ2n) is 4.40. The zero-order valence-electron chi connectivity index (χ0n) is 12.3. The fraction of sp³-hybridized carbons (Fsp3) is 0.462. The highest BCUT2D eigenvalue weighted by Crippen LogP contribution is 2.18. The van der Waals surface area contributed by atoms with Crippen LogP contribution >= 0.6 is 11.8 Å². The van der Waals surface area contributed by atoms with Crippen LogP contribution in [-0.4, -0.2) is 52.9 Å². The van der Waals surface area contributed by atoms with E-state index < -0.39 is 24.0 Å². The lowest BCUT2D eigenvalue weighted by Crippen LogP contribution is -2.23. The summed E-state index contributed by atoms with van der Waals surface area (Å²) < 4.78 is 14.5. The molecular weight excluding hydrogens is 326 g/mol. The van der Waals surface area contributed by atoms with Gasteiger partial charge in [-0.15, -0.1) is 0 Å². The molecule has 1 aromatic rings. The second kappa shape index (κ2) is 7.77. The molecule has 2 N–H and O–H groups in total. The molecule has 0 amide bonds. The summed E-state index contributed by atoms with van der Waals surface area (Å²) in [6, 6.07) is 0. The van der Waals surface area contributed by atoms with E-state index in [1.807, 2.05) is 0 Å². The number of nitrogens with zero attached hydrogens (tertiary/aromatic N) is 2. The maximum absolute atomic E-state index is 11.7. The van der Waals surface area contributed by atoms with E-state index in [-0.39, 0.29) is 35.5 Å². The molecule has 0 aliphatic carbocycles. The van der Waals surface area contributed by atoms with E-state index in [1.165, 1.54) is 6.20 Å². The van der Waals surface area contributed by atoms with Crippen molar-refractivity contribution in [3.05, 3.63) is 11.8 Å². The van der Waals surface area contributed by atoms with Crippen LogP contribution in [0.1, 0.15) is 23.7 Å². The SMILES string of the molecule is CCOC(=O)c1cnc(SCC(=O)O[C@H]2CCOC2=O)nc1N. The lowest BCUT2D eigenvalue weighted by molar-refractivity contribution is -0.158. The lowest BCUT2D eigenvalue weighted by atomic mass is 10.3. The zero-order chi connectivity index (χ0) is 16.8. The number of carbonyl (C=O) groups excluding carboxylic acids is 3. The molecule has 0 spiro atoms. The summed E-state index contributed by atoms with van der Waals surface area (Å²) in [7, 11) is 0. The number of nitrogen functional groups attached to an aromatic ring is 1. The zero-order valence-corrected chi connectivity index (χ0v) is 13.1. The molecule has 1 saturated heterocycles. The number of ether oxygens (including phenoxy) is 3. The Bertz CT molecular complexity index is 624. The summed E-state index contributed by atoms with van der Waals surface area (Å²) in [6.07, 6.45) is 0.746. The molecule has 1 aliphatic heterocycles. The van der Waals surface area contributed by atoms with Gasteiger partial charge in [0.2, 0.25) is 6.10 Å². The van der Waals surface area contributed by atoms with E-state index in [1.54, 1.807) is 6.92 Å². The first-order chi connectivity index (χ1) is 11.0. The van der Waals surface area contributed by atoms with Crippen LogP contribution in [0.2, 0.25) is 0 Å². The minimum Gasteiger partial charge on any atom is -0.463 e. The Balaban J connectivity index is 1.88. The number of aromatic nitrogens is 2. The summed E-state index contributed by atoms with van der Waals surface area (Å²) >= 11 is 0.980. The van der Waals surface area contributed by atoms with Crippen LogP contribution in [0.15, 0.2) is 11.4 Å². The highest BCUT2D eigenvalue weighted by Gasteiger charge is 2.30. The number of rotatable bonds is 6. The van der Waals surface area contributed by atoms with Gasteiger partial charge in [-0.1, -0.05) is 11.8 Å². The maximum Gasteiger partial charge on any atom is 0.347 e. The molecule has 10 heteroatoms. The van der Waals surface area contributed by atoms with Crippen molar-refractivity contribution >= 4 is 35.5 Å². The standard InChI is InChI=1S/C13H15N3O6S/c1-2-20-11(18)7-5-15-13(16-10(7)14)23-6-9(17)22-8-3-4-21-12(8)19/h5,8H,2-4,6H2,1H3,(H2,14,15,16)/t8-/m0/s1. The van der Waals surface area contributed by atoms with Gasteiger partial charge in [-0.2, -0.15) is 0 Å². The molecule has 2 rings (SSSR count). The Morgan fingerprint density at radius 2 is 2.30 bits per heavy atom. The highest BCUT2D eigenvalue weighted by molar-refractivity contribution is 7.99. The normalized spacial score (nSPS) is 16.7. The smallest absolute Gasteiger partial charge is 0.347 e. The minimum atomic E-state index is -0.847. The number of esters is 3. The number of hydrogen-bond donors (Lipinski definition) is 1. The van der Waals surface area contributed by atoms with Crippen molar-refractivity contribution in [1.29, 1.82) is 0 Å². The third-order valence-electron chi connectivity index (χ3n) is 2.77. The molecule has 0 saturated carbocycles. The van der Waals surface area contributed by atoms with Crippen molar-refractivity contribution < 1.29 is 28.6 Å². The van der Waals surface area contributed by atoms with Crippen LogP contribution in [0.25, 0.3) is 0 Å². The maximum atomic E-state index is 11.7. The predicted octanol–water partition coefficient (Wildman–Crippen LogP) is 0.186. The van der Waals surface area contributed by atoms with Gasteiger partial charge in [0.1, 0.15) is 11.4 Å². The largest absolute Gasteiger partial charge is 0.463 e. The van der Waals surface area contributed by atoms with Crippen LogP contribution in [-0.2, 0) is 23.8 Å². The molecule has 1 fully saturated rings. The minimum absolute atomic E-state index is 0.0336. The van der Waals surface area contributed by atoms with Gasteiger partial charge in [-0.05, 0) is 6.92 Å². The Hall–Kier alpha value is -2.36. The van der Waals surface area contributed by atoms with Crippen LogP contribution in [0.3, 0.4) is 0 Å². The van der Waals surface area contributed by atoms with Crippen LogP contribution in [0, 0.1) is 0 Å². The van der Waals surface area contributed by atoms with E-state index in [2.05, 4.69) is 9.97 Å². The summed E-state index contributed by atoms with van der Waals surface area (Å²) in [4.78, 5) is 42.3. The average molecular weight is 341 g/mol. The van der Waals surface area contributed by atoms with Crippen LogP contribution in [0.4, 0.5) is 5.82 Å². The highest BCUT2D eigenvalue weighted by atomic mass is 32.2. The second-order valence-corrected chi connectivity index (χ2v) is 5.34. The van der Waals surface area contributed by atoms with Crippen molar-refractivity contribution in [2.75, 3.05) is 24.7 Å². The first-order valence-electron chi connectivity index (χ1n) is 6.79. The van der Waals surface area contributed by atoms with Crippen LogP contribution < -0.4 is 5.73 Å². The number of anilines is 1. The molecule has 1 aromatic heterocycles. The van der Waals surface area contributed by atoms with Crippen molar-refractivity contribution in [2.45, 2.75) is 24.6 Å². The average Bonchev–Trinajstić information content (AvgIpc) is 2.90. The fourth-order valence-corrected chi connectivity index (χ4v) is 2.32. The molecule has 2 heterocycles. The van der Waals surface area contributed by atoms with E-state index >= 15 is 0 Å². The first-order valence-corrected chi connectivity index (χ1v) is 7.78. The molecule has 1 atom stereocenters. The molecular formula is C13H15N3O6S. The fourth-order valence-electron chi connectivity index (χ4n) is 1.71.